The largest absolute Gasteiger partial charge is 3.00 e. The molecule has 4 aromatic carbocycles. The molecule has 2 aliphatic rings. The van der Waals surface area contributed by atoms with Gasteiger partial charge in [-0.2, -0.15) is 0 Å². The molecule has 8 bridgehead atoms. The molecule has 0 spiro atoms. The molecular formula is C44H30Cl3CrN4. The Kier molecular flexibility index (Phi) is 12.1. The van der Waals surface area contributed by atoms with Crippen LogP contribution in [-0.4, -0.2) is 19.5 Å². The van der Waals surface area contributed by atoms with Crippen LogP contribution in [0.25, 0.3) is 85.4 Å². The molecule has 1 radical (unpaired) electrons. The minimum Gasteiger partial charge on any atom is -1.00 e. The molecule has 7 aromatic rings. The summed E-state index contributed by atoms with van der Waals surface area (Å²) in [7, 11) is 0. The van der Waals surface area contributed by atoms with Crippen molar-refractivity contribution < 1.29 is 54.6 Å². The first-order valence-corrected chi connectivity index (χ1v) is 16.2. The fourth-order valence-corrected chi connectivity index (χ4v) is 6.81. The first-order chi connectivity index (χ1) is 23.8. The smallest absolute Gasteiger partial charge is 1.00 e. The van der Waals surface area contributed by atoms with Crippen LogP contribution in [-0.2, 0) is 17.4 Å². The zero-order valence-corrected chi connectivity index (χ0v) is 31.2. The SMILES string of the molecule is C1=Cc2cc3c(-c4ccccc4)c(-c4ccccc4)c(c(-c4ccccc4)c4nc(cc5ccc(cc1n2)[nH]5)C=C4)n3-c1ccccc1.[Cl-].[Cl-].[Cl-].[Cr+3]. The maximum absolute atomic E-state index is 5.29. The molecule has 8 heteroatoms. The zero-order chi connectivity index (χ0) is 31.9. The Labute approximate surface area is 332 Å². The third-order valence-corrected chi connectivity index (χ3v) is 8.87. The van der Waals surface area contributed by atoms with E-state index in [2.05, 4.69) is 186 Å². The van der Waals surface area contributed by atoms with Crippen molar-refractivity contribution in [2.24, 2.45) is 0 Å². The number of aromatic nitrogens is 4. The Morgan fingerprint density at radius 3 is 1.42 bits per heavy atom. The van der Waals surface area contributed by atoms with Gasteiger partial charge in [0.15, 0.2) is 0 Å². The Morgan fingerprint density at radius 1 is 0.423 bits per heavy atom. The normalized spacial score (nSPS) is 11.1. The Bertz CT molecular complexity index is 2550. The molecule has 9 rings (SSSR count). The third kappa shape index (κ3) is 7.16. The second-order valence-corrected chi connectivity index (χ2v) is 12.0. The molecule has 0 unspecified atom stereocenters. The van der Waals surface area contributed by atoms with Gasteiger partial charge in [-0.25, -0.2) is 9.97 Å². The number of halogens is 3. The van der Waals surface area contributed by atoms with Crippen LogP contribution >= 0.6 is 0 Å². The van der Waals surface area contributed by atoms with Gasteiger partial charge in [0.2, 0.25) is 0 Å². The molecule has 1 N–H and O–H groups in total. The van der Waals surface area contributed by atoms with Crippen LogP contribution in [0.5, 0.6) is 0 Å². The van der Waals surface area contributed by atoms with Gasteiger partial charge in [-0.1, -0.05) is 109 Å². The number of aromatic amines is 1. The predicted octanol–water partition coefficient (Wildman–Crippen LogP) is 2.13. The van der Waals surface area contributed by atoms with Crippen LogP contribution in [0.15, 0.2) is 152 Å². The van der Waals surface area contributed by atoms with Gasteiger partial charge in [0, 0.05) is 33.4 Å². The molecule has 253 valence electrons. The fraction of sp³-hybridized carbons (Fsp3) is 0. The molecule has 4 nitrogen and oxygen atoms in total. The number of fused-ring (bicyclic) bond motifs is 8. The van der Waals surface area contributed by atoms with Crippen LogP contribution in [0.4, 0.5) is 0 Å². The van der Waals surface area contributed by atoms with E-state index in [1.165, 1.54) is 0 Å². The summed E-state index contributed by atoms with van der Waals surface area (Å²) >= 11 is 0. The number of benzene rings is 4. The van der Waals surface area contributed by atoms with Gasteiger partial charge in [-0.3, -0.25) is 0 Å². The molecule has 2 aliphatic heterocycles. The molecule has 52 heavy (non-hydrogen) atoms. The minimum absolute atomic E-state index is 0. The van der Waals surface area contributed by atoms with E-state index in [4.69, 9.17) is 9.97 Å². The van der Waals surface area contributed by atoms with Crippen molar-refractivity contribution in [1.29, 1.82) is 0 Å². The predicted molar refractivity (Wildman–Crippen MR) is 200 cm³/mol. The summed E-state index contributed by atoms with van der Waals surface area (Å²) in [6, 6.07) is 53.3. The van der Waals surface area contributed by atoms with E-state index in [1.54, 1.807) is 0 Å². The van der Waals surface area contributed by atoms with E-state index in [9.17, 15) is 0 Å². The number of para-hydroxylation sites is 1. The van der Waals surface area contributed by atoms with Crippen molar-refractivity contribution in [3.8, 4) is 39.1 Å². The summed E-state index contributed by atoms with van der Waals surface area (Å²) in [4.78, 5) is 13.9. The van der Waals surface area contributed by atoms with Crippen molar-refractivity contribution in [2.75, 3.05) is 0 Å². The van der Waals surface area contributed by atoms with Gasteiger partial charge in [0.05, 0.1) is 33.8 Å². The molecule has 0 saturated heterocycles. The quantitative estimate of drug-likeness (QED) is 0.299. The number of hydrogen-bond acceptors (Lipinski definition) is 2. The first kappa shape index (κ1) is 38.1. The van der Waals surface area contributed by atoms with E-state index in [0.717, 1.165) is 83.9 Å². The van der Waals surface area contributed by atoms with E-state index >= 15 is 0 Å². The van der Waals surface area contributed by atoms with Crippen LogP contribution in [0, 0.1) is 0 Å². The van der Waals surface area contributed by atoms with E-state index in [1.807, 2.05) is 0 Å². The van der Waals surface area contributed by atoms with E-state index < -0.39 is 0 Å². The van der Waals surface area contributed by atoms with Crippen LogP contribution in [0.2, 0.25) is 0 Å². The summed E-state index contributed by atoms with van der Waals surface area (Å²) in [5.74, 6) is 0. The molecular weight excluding hydrogens is 743 g/mol. The molecule has 3 aromatic heterocycles. The molecule has 5 heterocycles. The average molecular weight is 773 g/mol. The number of nitrogens with one attached hydrogen (secondary N) is 1. The van der Waals surface area contributed by atoms with Crippen LogP contribution in [0.1, 0.15) is 22.8 Å². The molecule has 0 amide bonds. The molecule has 0 fully saturated rings. The molecule has 0 atom stereocenters. The van der Waals surface area contributed by atoms with Gasteiger partial charge >= 0.3 is 17.4 Å². The van der Waals surface area contributed by atoms with E-state index in [0.29, 0.717) is 0 Å². The Morgan fingerprint density at radius 2 is 0.865 bits per heavy atom. The zero-order valence-electron chi connectivity index (χ0n) is 27.6. The average Bonchev–Trinajstić information content (AvgIpc) is 3.95. The Hall–Kier alpha value is -5.12. The third-order valence-electron chi connectivity index (χ3n) is 8.87. The van der Waals surface area contributed by atoms with Gasteiger partial charge in [0.1, 0.15) is 0 Å². The second-order valence-electron chi connectivity index (χ2n) is 12.0. The van der Waals surface area contributed by atoms with Gasteiger partial charge in [-0.15, -0.1) is 0 Å². The molecule has 0 saturated carbocycles. The first-order valence-electron chi connectivity index (χ1n) is 16.2. The van der Waals surface area contributed by atoms with Crippen LogP contribution in [0.3, 0.4) is 0 Å². The maximum Gasteiger partial charge on any atom is 3.00 e. The number of nitrogens with zero attached hydrogens (tertiary/aromatic N) is 3. The van der Waals surface area contributed by atoms with Gasteiger partial charge in [0.25, 0.3) is 0 Å². The fourth-order valence-electron chi connectivity index (χ4n) is 6.81. The van der Waals surface area contributed by atoms with Crippen molar-refractivity contribution in [3.63, 3.8) is 0 Å². The van der Waals surface area contributed by atoms with Crippen molar-refractivity contribution in [1.82, 2.24) is 19.5 Å². The van der Waals surface area contributed by atoms with E-state index in [-0.39, 0.29) is 54.6 Å². The maximum atomic E-state index is 5.29. The van der Waals surface area contributed by atoms with Crippen molar-refractivity contribution >= 4 is 46.4 Å². The standard InChI is InChI=1S/C44H30N4.3ClH.Cr/c1-5-13-30(14-6-1)41-39-26-25-36(47-39)28-35-22-21-33(45-35)27-34-23-24-37(46-34)29-40-42(31-15-7-2-8-16-31)43(32-17-9-3-10-18-32)44(41)48(40)38-19-11-4-12-20-38;;;;/h1-29,45H;3*1H;/q;;;;+3/p-3. The summed E-state index contributed by atoms with van der Waals surface area (Å²) < 4.78 is 2.41. The van der Waals surface area contributed by atoms with Gasteiger partial charge in [-0.05, 0) is 83.5 Å². The summed E-state index contributed by atoms with van der Waals surface area (Å²) in [6.45, 7) is 0. The topological polar surface area (TPSA) is 46.5 Å². The number of hydrogen-bond donors (Lipinski definition) is 1. The monoisotopic (exact) mass is 771 g/mol. The summed E-state index contributed by atoms with van der Waals surface area (Å²) in [5.41, 5.74) is 15.4. The number of H-pyrrole nitrogens is 1. The summed E-state index contributed by atoms with van der Waals surface area (Å²) in [5, 5.41) is 0. The van der Waals surface area contributed by atoms with Crippen LogP contribution < -0.4 is 37.2 Å². The number of rotatable bonds is 4. The second kappa shape index (κ2) is 16.5. The van der Waals surface area contributed by atoms with Gasteiger partial charge < -0.3 is 46.8 Å². The van der Waals surface area contributed by atoms with Crippen molar-refractivity contribution in [2.45, 2.75) is 0 Å². The van der Waals surface area contributed by atoms with Crippen molar-refractivity contribution in [3.05, 3.63) is 174 Å². The summed E-state index contributed by atoms with van der Waals surface area (Å²) in [6.07, 6.45) is 8.44. The molecule has 0 aliphatic carbocycles. The Balaban J connectivity index is 0.00000131. The minimum atomic E-state index is 0.